The number of rotatable bonds is 6. The molecule has 2 N–H and O–H groups in total. The summed E-state index contributed by atoms with van der Waals surface area (Å²) < 4.78 is 0.571. The lowest BCUT2D eigenvalue weighted by Crippen LogP contribution is -2.31. The lowest BCUT2D eigenvalue weighted by molar-refractivity contribution is -0.384. The zero-order valence-corrected chi connectivity index (χ0v) is 19.0. The molecule has 0 bridgehead atoms. The number of nitrogens with zero attached hydrogens (tertiary/aromatic N) is 1. The Morgan fingerprint density at radius 2 is 1.66 bits per heavy atom. The number of non-ortho nitro benzene ring substituents is 1. The van der Waals surface area contributed by atoms with Gasteiger partial charge in [0, 0.05) is 22.3 Å². The van der Waals surface area contributed by atoms with E-state index in [4.69, 9.17) is 0 Å². The first kappa shape index (κ1) is 22.9. The number of hydrogen-bond donors (Lipinski definition) is 2. The van der Waals surface area contributed by atoms with Crippen LogP contribution in [0, 0.1) is 24.0 Å². The Bertz CT molecular complexity index is 1220. The molecule has 2 amide bonds. The Labute approximate surface area is 193 Å². The van der Waals surface area contributed by atoms with E-state index in [1.165, 1.54) is 24.3 Å². The summed E-state index contributed by atoms with van der Waals surface area (Å²) in [6.45, 7) is 3.83. The second kappa shape index (κ2) is 10.0. The standard InChI is InChI=1S/C24H20BrN3O4/c1-15-10-16(2)12-18(11-15)26-24(30)22(14-17-6-5-7-19(13-17)28(31)32)27-23(29)20-8-3-4-9-21(20)25/h3-14H,1-2H3,(H,26,30)(H,27,29)/b22-14-. The predicted molar refractivity (Wildman–Crippen MR) is 127 cm³/mol. The number of carbonyl (C=O) groups is 2. The molecular weight excluding hydrogens is 474 g/mol. The van der Waals surface area contributed by atoms with Crippen molar-refractivity contribution in [2.45, 2.75) is 13.8 Å². The molecule has 0 spiro atoms. The van der Waals surface area contributed by atoms with Crippen molar-refractivity contribution >= 4 is 45.2 Å². The van der Waals surface area contributed by atoms with Gasteiger partial charge in [0.1, 0.15) is 5.70 Å². The van der Waals surface area contributed by atoms with Crippen LogP contribution in [0.4, 0.5) is 11.4 Å². The minimum Gasteiger partial charge on any atom is -0.321 e. The van der Waals surface area contributed by atoms with Gasteiger partial charge in [0.05, 0.1) is 10.5 Å². The van der Waals surface area contributed by atoms with Gasteiger partial charge >= 0.3 is 0 Å². The Morgan fingerprint density at radius 1 is 0.969 bits per heavy atom. The minimum absolute atomic E-state index is 0.0505. The maximum Gasteiger partial charge on any atom is 0.272 e. The third-order valence-electron chi connectivity index (χ3n) is 4.48. The van der Waals surface area contributed by atoms with Crippen LogP contribution in [0.1, 0.15) is 27.0 Å². The molecule has 0 aliphatic carbocycles. The van der Waals surface area contributed by atoms with Gasteiger partial charge in [-0.3, -0.25) is 19.7 Å². The van der Waals surface area contributed by atoms with Crippen LogP contribution < -0.4 is 10.6 Å². The summed E-state index contributed by atoms with van der Waals surface area (Å²) in [5.74, 6) is -1.05. The van der Waals surface area contributed by atoms with E-state index >= 15 is 0 Å². The SMILES string of the molecule is Cc1cc(C)cc(NC(=O)/C(=C/c2cccc([N+](=O)[O-])c2)NC(=O)c2ccccc2Br)c1. The van der Waals surface area contributed by atoms with E-state index in [1.54, 1.807) is 30.3 Å². The summed E-state index contributed by atoms with van der Waals surface area (Å²) in [5, 5.41) is 16.5. The number of nitrogens with one attached hydrogen (secondary N) is 2. The highest BCUT2D eigenvalue weighted by Crippen LogP contribution is 2.19. The van der Waals surface area contributed by atoms with Gasteiger partial charge in [0.15, 0.2) is 0 Å². The molecule has 0 saturated heterocycles. The summed E-state index contributed by atoms with van der Waals surface area (Å²) in [4.78, 5) is 36.5. The van der Waals surface area contributed by atoms with E-state index in [9.17, 15) is 19.7 Å². The molecule has 3 rings (SSSR count). The Balaban J connectivity index is 1.97. The number of carbonyl (C=O) groups excluding carboxylic acids is 2. The van der Waals surface area contributed by atoms with E-state index in [0.717, 1.165) is 11.1 Å². The highest BCUT2D eigenvalue weighted by molar-refractivity contribution is 9.10. The Kier molecular flexibility index (Phi) is 7.17. The molecule has 0 aliphatic rings. The van der Waals surface area contributed by atoms with Gasteiger partial charge in [-0.25, -0.2) is 0 Å². The van der Waals surface area contributed by atoms with Crippen molar-refractivity contribution in [1.82, 2.24) is 5.32 Å². The van der Waals surface area contributed by atoms with Gasteiger partial charge in [-0.15, -0.1) is 0 Å². The van der Waals surface area contributed by atoms with Crippen molar-refractivity contribution in [3.63, 3.8) is 0 Å². The fraction of sp³-hybridized carbons (Fsp3) is 0.0833. The first-order valence-electron chi connectivity index (χ1n) is 9.64. The molecule has 0 aromatic heterocycles. The van der Waals surface area contributed by atoms with Gasteiger partial charge in [0.2, 0.25) is 0 Å². The third-order valence-corrected chi connectivity index (χ3v) is 5.17. The normalized spacial score (nSPS) is 11.0. The lowest BCUT2D eigenvalue weighted by atomic mass is 10.1. The second-order valence-corrected chi connectivity index (χ2v) is 8.03. The fourth-order valence-corrected chi connectivity index (χ4v) is 3.60. The van der Waals surface area contributed by atoms with Gasteiger partial charge in [-0.05, 0) is 76.8 Å². The highest BCUT2D eigenvalue weighted by atomic mass is 79.9. The molecule has 162 valence electrons. The number of nitro benzene ring substituents is 1. The van der Waals surface area contributed by atoms with E-state index in [2.05, 4.69) is 26.6 Å². The van der Waals surface area contributed by atoms with Gasteiger partial charge in [-0.2, -0.15) is 0 Å². The first-order valence-corrected chi connectivity index (χ1v) is 10.4. The maximum absolute atomic E-state index is 13.1. The number of benzene rings is 3. The number of anilines is 1. The van der Waals surface area contributed by atoms with Crippen molar-refractivity contribution in [1.29, 1.82) is 0 Å². The molecule has 0 unspecified atom stereocenters. The number of hydrogen-bond acceptors (Lipinski definition) is 4. The molecule has 0 fully saturated rings. The zero-order valence-electron chi connectivity index (χ0n) is 17.4. The smallest absolute Gasteiger partial charge is 0.272 e. The van der Waals surface area contributed by atoms with Crippen molar-refractivity contribution in [3.05, 3.63) is 109 Å². The quantitative estimate of drug-likeness (QED) is 0.273. The summed E-state index contributed by atoms with van der Waals surface area (Å²) in [7, 11) is 0. The second-order valence-electron chi connectivity index (χ2n) is 7.17. The van der Waals surface area contributed by atoms with E-state index in [1.807, 2.05) is 32.0 Å². The number of aryl methyl sites for hydroxylation is 2. The lowest BCUT2D eigenvalue weighted by Gasteiger charge is -2.13. The average Bonchev–Trinajstić information content (AvgIpc) is 2.73. The van der Waals surface area contributed by atoms with E-state index < -0.39 is 16.7 Å². The topological polar surface area (TPSA) is 101 Å². The molecule has 0 heterocycles. The molecule has 7 nitrogen and oxygen atoms in total. The van der Waals surface area contributed by atoms with Gasteiger partial charge < -0.3 is 10.6 Å². The van der Waals surface area contributed by atoms with E-state index in [-0.39, 0.29) is 11.4 Å². The van der Waals surface area contributed by atoms with Gasteiger partial charge in [0.25, 0.3) is 17.5 Å². The highest BCUT2D eigenvalue weighted by Gasteiger charge is 2.17. The first-order chi connectivity index (χ1) is 15.2. The molecule has 0 saturated carbocycles. The average molecular weight is 494 g/mol. The molecule has 8 heteroatoms. The molecule has 0 aliphatic heterocycles. The number of amides is 2. The van der Waals surface area contributed by atoms with Gasteiger partial charge in [-0.1, -0.05) is 30.3 Å². The minimum atomic E-state index is -0.554. The fourth-order valence-electron chi connectivity index (χ4n) is 3.13. The van der Waals surface area contributed by atoms with Crippen LogP contribution in [0.3, 0.4) is 0 Å². The molecule has 3 aromatic carbocycles. The van der Waals surface area contributed by atoms with Crippen LogP contribution in [0.25, 0.3) is 6.08 Å². The Hall–Kier alpha value is -3.78. The summed E-state index contributed by atoms with van der Waals surface area (Å²) in [5.41, 5.74) is 3.10. The summed E-state index contributed by atoms with van der Waals surface area (Å²) in [6, 6.07) is 18.2. The van der Waals surface area contributed by atoms with Crippen LogP contribution in [0.2, 0.25) is 0 Å². The third kappa shape index (κ3) is 5.89. The molecule has 3 aromatic rings. The van der Waals surface area contributed by atoms with Crippen molar-refractivity contribution < 1.29 is 14.5 Å². The van der Waals surface area contributed by atoms with Crippen LogP contribution in [-0.2, 0) is 4.79 Å². The van der Waals surface area contributed by atoms with Crippen molar-refractivity contribution in [3.8, 4) is 0 Å². The van der Waals surface area contributed by atoms with Crippen LogP contribution in [0.15, 0.2) is 76.9 Å². The molecule has 32 heavy (non-hydrogen) atoms. The largest absolute Gasteiger partial charge is 0.321 e. The monoisotopic (exact) mass is 493 g/mol. The van der Waals surface area contributed by atoms with Crippen LogP contribution in [0.5, 0.6) is 0 Å². The Morgan fingerprint density at radius 3 is 2.31 bits per heavy atom. The van der Waals surface area contributed by atoms with Crippen molar-refractivity contribution in [2.24, 2.45) is 0 Å². The summed E-state index contributed by atoms with van der Waals surface area (Å²) in [6.07, 6.45) is 1.40. The predicted octanol–water partition coefficient (Wildman–Crippen LogP) is 5.38. The van der Waals surface area contributed by atoms with Crippen LogP contribution >= 0.6 is 15.9 Å². The zero-order chi connectivity index (χ0) is 23.3. The molecule has 0 radical (unpaired) electrons. The van der Waals surface area contributed by atoms with Crippen LogP contribution in [-0.4, -0.2) is 16.7 Å². The van der Waals surface area contributed by atoms with E-state index in [0.29, 0.717) is 21.3 Å². The van der Waals surface area contributed by atoms with Crippen molar-refractivity contribution in [2.75, 3.05) is 5.32 Å². The molecule has 0 atom stereocenters. The number of nitro groups is 1. The summed E-state index contributed by atoms with van der Waals surface area (Å²) >= 11 is 3.33. The number of halogens is 1. The maximum atomic E-state index is 13.1. The molecular formula is C24H20BrN3O4.